The van der Waals surface area contributed by atoms with Crippen LogP contribution >= 0.6 is 7.75 Å². The SMILES string of the molecule is C[C@H]1[C@H](NC(=O)OC(C)(C)C)C(=O)N1P(=O)(O)OCC(=O)c1ccc(O)c(O)c1. The standard InChI is InChI=1S/C17H23N2O9P/c1-9-14(18-16(24)28-17(2,3)4)15(23)19(9)29(25,26)27-8-13(22)10-5-6-11(20)12(21)7-10/h5-7,9,14,20-21H,8H2,1-4H3,(H,18,24)(H,25,26)/t9-,14-/m0/s1. The number of carbonyl (C=O) groups excluding carboxylic acids is 3. The molecule has 0 spiro atoms. The summed E-state index contributed by atoms with van der Waals surface area (Å²) in [7, 11) is -4.67. The van der Waals surface area contributed by atoms with E-state index in [1.807, 2.05) is 0 Å². The van der Waals surface area contributed by atoms with Gasteiger partial charge >= 0.3 is 13.8 Å². The Kier molecular flexibility index (Phi) is 6.27. The molecule has 29 heavy (non-hydrogen) atoms. The van der Waals surface area contributed by atoms with Crippen LogP contribution in [0.2, 0.25) is 0 Å². The van der Waals surface area contributed by atoms with Gasteiger partial charge in [-0.2, -0.15) is 0 Å². The molecular formula is C17H23N2O9P. The van der Waals surface area contributed by atoms with E-state index in [4.69, 9.17) is 9.26 Å². The molecule has 0 bridgehead atoms. The highest BCUT2D eigenvalue weighted by atomic mass is 31.2. The molecule has 0 aliphatic carbocycles. The molecule has 12 heteroatoms. The zero-order chi connectivity index (χ0) is 22.1. The van der Waals surface area contributed by atoms with Gasteiger partial charge in [0.1, 0.15) is 18.2 Å². The quantitative estimate of drug-likeness (QED) is 0.227. The van der Waals surface area contributed by atoms with Crippen molar-refractivity contribution < 1.29 is 43.3 Å². The Morgan fingerprint density at radius 3 is 2.38 bits per heavy atom. The normalized spacial score (nSPS) is 21.1. The molecule has 2 amide bonds. The third-order valence-electron chi connectivity index (χ3n) is 3.97. The van der Waals surface area contributed by atoms with Gasteiger partial charge in [-0.25, -0.2) is 14.0 Å². The number of aromatic hydroxyl groups is 2. The third-order valence-corrected chi connectivity index (χ3v) is 5.54. The van der Waals surface area contributed by atoms with Gasteiger partial charge in [-0.3, -0.25) is 14.1 Å². The van der Waals surface area contributed by atoms with Crippen LogP contribution in [0.15, 0.2) is 18.2 Å². The highest BCUT2D eigenvalue weighted by molar-refractivity contribution is 7.51. The average molecular weight is 430 g/mol. The molecule has 0 radical (unpaired) electrons. The van der Waals surface area contributed by atoms with Crippen LogP contribution in [0.3, 0.4) is 0 Å². The van der Waals surface area contributed by atoms with Gasteiger partial charge < -0.3 is 25.2 Å². The van der Waals surface area contributed by atoms with Crippen LogP contribution in [0.25, 0.3) is 0 Å². The van der Waals surface area contributed by atoms with Crippen molar-refractivity contribution in [3.8, 4) is 11.5 Å². The number of amides is 2. The summed E-state index contributed by atoms with van der Waals surface area (Å²) in [4.78, 5) is 46.1. The van der Waals surface area contributed by atoms with E-state index in [1.54, 1.807) is 20.8 Å². The molecule has 1 heterocycles. The fraction of sp³-hybridized carbons (Fsp3) is 0.471. The summed E-state index contributed by atoms with van der Waals surface area (Å²) in [6.07, 6.45) is -0.849. The largest absolute Gasteiger partial charge is 0.504 e. The molecule has 1 fully saturated rings. The van der Waals surface area contributed by atoms with Crippen molar-refractivity contribution in [2.24, 2.45) is 0 Å². The predicted molar refractivity (Wildman–Crippen MR) is 99.3 cm³/mol. The highest BCUT2D eigenvalue weighted by Gasteiger charge is 2.54. The molecule has 160 valence electrons. The number of phenolic OH excluding ortho intramolecular Hbond substituents is 2. The van der Waals surface area contributed by atoms with E-state index in [0.717, 1.165) is 12.1 Å². The van der Waals surface area contributed by atoms with Crippen molar-refractivity contribution in [2.45, 2.75) is 45.4 Å². The second-order valence-electron chi connectivity index (χ2n) is 7.44. The van der Waals surface area contributed by atoms with E-state index in [-0.39, 0.29) is 5.56 Å². The number of Topliss-reactive ketones (excluding diaryl/α,β-unsaturated/α-hetero) is 1. The van der Waals surface area contributed by atoms with Crippen molar-refractivity contribution in [3.63, 3.8) is 0 Å². The minimum absolute atomic E-state index is 0.0623. The zero-order valence-corrected chi connectivity index (χ0v) is 17.2. The molecule has 1 unspecified atom stereocenters. The zero-order valence-electron chi connectivity index (χ0n) is 16.3. The number of nitrogens with one attached hydrogen (secondary N) is 1. The number of hydrogen-bond donors (Lipinski definition) is 4. The van der Waals surface area contributed by atoms with Crippen molar-refractivity contribution in [1.82, 2.24) is 9.99 Å². The van der Waals surface area contributed by atoms with E-state index in [1.165, 1.54) is 13.0 Å². The van der Waals surface area contributed by atoms with Gasteiger partial charge in [0.15, 0.2) is 17.3 Å². The lowest BCUT2D eigenvalue weighted by atomic mass is 10.0. The topological polar surface area (TPSA) is 163 Å². The summed E-state index contributed by atoms with van der Waals surface area (Å²) < 4.78 is 22.8. The number of hydrogen-bond acceptors (Lipinski definition) is 8. The van der Waals surface area contributed by atoms with Crippen LogP contribution in [-0.2, 0) is 18.6 Å². The number of ketones is 1. The molecule has 1 aliphatic heterocycles. The van der Waals surface area contributed by atoms with Gasteiger partial charge in [0.05, 0.1) is 6.04 Å². The molecule has 0 saturated carbocycles. The van der Waals surface area contributed by atoms with Gasteiger partial charge in [0.2, 0.25) is 0 Å². The van der Waals surface area contributed by atoms with E-state index >= 15 is 0 Å². The second kappa shape index (κ2) is 8.02. The monoisotopic (exact) mass is 430 g/mol. The number of phenols is 2. The fourth-order valence-electron chi connectivity index (χ4n) is 2.57. The summed E-state index contributed by atoms with van der Waals surface area (Å²) in [6, 6.07) is 1.30. The lowest BCUT2D eigenvalue weighted by molar-refractivity contribution is -0.143. The summed E-state index contributed by atoms with van der Waals surface area (Å²) in [5, 5.41) is 21.0. The molecular weight excluding hydrogens is 407 g/mol. The molecule has 1 aliphatic rings. The molecule has 4 N–H and O–H groups in total. The van der Waals surface area contributed by atoms with Crippen molar-refractivity contribution in [1.29, 1.82) is 0 Å². The summed E-state index contributed by atoms with van der Waals surface area (Å²) >= 11 is 0. The van der Waals surface area contributed by atoms with Crippen LogP contribution in [-0.4, -0.2) is 61.9 Å². The van der Waals surface area contributed by atoms with Crippen LogP contribution in [0.4, 0.5) is 4.79 Å². The lowest BCUT2D eigenvalue weighted by Gasteiger charge is -2.45. The number of rotatable bonds is 6. The second-order valence-corrected chi connectivity index (χ2v) is 9.11. The summed E-state index contributed by atoms with van der Waals surface area (Å²) in [6.45, 7) is 5.51. The van der Waals surface area contributed by atoms with Crippen LogP contribution in [0, 0.1) is 0 Å². The van der Waals surface area contributed by atoms with Gasteiger partial charge in [-0.05, 0) is 45.9 Å². The smallest absolute Gasteiger partial charge is 0.435 e. The van der Waals surface area contributed by atoms with Crippen molar-refractivity contribution in [3.05, 3.63) is 23.8 Å². The van der Waals surface area contributed by atoms with Gasteiger partial charge in [0.25, 0.3) is 5.91 Å². The highest BCUT2D eigenvalue weighted by Crippen LogP contribution is 2.52. The Labute approximate surface area is 166 Å². The van der Waals surface area contributed by atoms with Crippen molar-refractivity contribution >= 4 is 25.5 Å². The maximum atomic E-state index is 12.4. The van der Waals surface area contributed by atoms with E-state index < -0.39 is 61.3 Å². The fourth-order valence-corrected chi connectivity index (χ4v) is 3.94. The number of ether oxygens (including phenoxy) is 1. The summed E-state index contributed by atoms with van der Waals surface area (Å²) in [5.74, 6) is -2.58. The molecule has 1 aromatic rings. The third kappa shape index (κ3) is 5.26. The Hall–Kier alpha value is -2.62. The Morgan fingerprint density at radius 1 is 1.24 bits per heavy atom. The van der Waals surface area contributed by atoms with Gasteiger partial charge in [-0.15, -0.1) is 0 Å². The lowest BCUT2D eigenvalue weighted by Crippen LogP contribution is -2.68. The van der Waals surface area contributed by atoms with Gasteiger partial charge in [0, 0.05) is 5.56 Å². The number of nitrogens with zero attached hydrogens (tertiary/aromatic N) is 1. The molecule has 1 aromatic carbocycles. The van der Waals surface area contributed by atoms with Crippen LogP contribution in [0.5, 0.6) is 11.5 Å². The number of alkyl carbamates (subject to hydrolysis) is 1. The number of β-lactam (4-membered cyclic amide) rings is 1. The Morgan fingerprint density at radius 2 is 1.86 bits per heavy atom. The first-order valence-electron chi connectivity index (χ1n) is 8.58. The van der Waals surface area contributed by atoms with Crippen LogP contribution in [0.1, 0.15) is 38.1 Å². The minimum atomic E-state index is -4.67. The molecule has 1 saturated heterocycles. The van der Waals surface area contributed by atoms with Gasteiger partial charge in [-0.1, -0.05) is 0 Å². The maximum absolute atomic E-state index is 12.4. The predicted octanol–water partition coefficient (Wildman–Crippen LogP) is 1.52. The van der Waals surface area contributed by atoms with Crippen LogP contribution < -0.4 is 5.32 Å². The number of benzene rings is 1. The Bertz CT molecular complexity index is 880. The number of carbonyl (C=O) groups is 3. The maximum Gasteiger partial charge on any atom is 0.435 e. The van der Waals surface area contributed by atoms with E-state index in [2.05, 4.69) is 5.32 Å². The average Bonchev–Trinajstić information content (AvgIpc) is 2.58. The molecule has 3 atom stereocenters. The Balaban J connectivity index is 1.96. The first-order valence-corrected chi connectivity index (χ1v) is 10.1. The first kappa shape index (κ1) is 22.7. The minimum Gasteiger partial charge on any atom is -0.504 e. The summed E-state index contributed by atoms with van der Waals surface area (Å²) in [5.41, 5.74) is -0.842. The molecule has 0 aromatic heterocycles. The molecule has 2 rings (SSSR count). The van der Waals surface area contributed by atoms with Crippen molar-refractivity contribution in [2.75, 3.05) is 6.61 Å². The van der Waals surface area contributed by atoms with E-state index in [9.17, 15) is 34.1 Å². The molecule has 11 nitrogen and oxygen atoms in total. The first-order chi connectivity index (χ1) is 13.2. The van der Waals surface area contributed by atoms with E-state index in [0.29, 0.717) is 4.67 Å².